The largest absolute Gasteiger partial charge is 0.368 e. The van der Waals surface area contributed by atoms with E-state index in [4.69, 9.17) is 0 Å². The van der Waals surface area contributed by atoms with Gasteiger partial charge in [-0.15, -0.1) is 0 Å². The van der Waals surface area contributed by atoms with Gasteiger partial charge in [-0.05, 0) is 25.5 Å². The quantitative estimate of drug-likeness (QED) is 0.924. The number of benzene rings is 1. The van der Waals surface area contributed by atoms with Crippen molar-refractivity contribution in [3.05, 3.63) is 46.4 Å². The van der Waals surface area contributed by atoms with E-state index < -0.39 is 0 Å². The molecule has 116 valence electrons. The highest BCUT2D eigenvalue weighted by molar-refractivity contribution is 5.86. The van der Waals surface area contributed by atoms with Crippen molar-refractivity contribution >= 4 is 11.6 Å². The van der Waals surface area contributed by atoms with Crippen LogP contribution in [0.4, 0.5) is 5.69 Å². The average Bonchev–Trinajstić information content (AvgIpc) is 2.94. The summed E-state index contributed by atoms with van der Waals surface area (Å²) in [6.45, 7) is 2.60. The monoisotopic (exact) mass is 300 g/mol. The second-order valence-electron chi connectivity index (χ2n) is 5.68. The number of rotatable bonds is 3. The van der Waals surface area contributed by atoms with Crippen LogP contribution in [0.25, 0.3) is 5.69 Å². The Morgan fingerprint density at radius 3 is 2.41 bits per heavy atom. The third-order valence-electron chi connectivity index (χ3n) is 4.30. The first-order valence-corrected chi connectivity index (χ1v) is 7.36. The second-order valence-corrected chi connectivity index (χ2v) is 5.68. The van der Waals surface area contributed by atoms with Gasteiger partial charge in [0.15, 0.2) is 0 Å². The Morgan fingerprint density at radius 2 is 1.82 bits per heavy atom. The Labute approximate surface area is 128 Å². The van der Waals surface area contributed by atoms with Gasteiger partial charge in [0.2, 0.25) is 5.91 Å². The zero-order valence-electron chi connectivity index (χ0n) is 13.0. The van der Waals surface area contributed by atoms with Crippen LogP contribution in [0.3, 0.4) is 0 Å². The van der Waals surface area contributed by atoms with Crippen LogP contribution in [0.15, 0.2) is 35.1 Å². The van der Waals surface area contributed by atoms with Gasteiger partial charge < -0.3 is 10.2 Å². The van der Waals surface area contributed by atoms with Crippen LogP contribution >= 0.6 is 0 Å². The topological polar surface area (TPSA) is 59.3 Å². The molecule has 22 heavy (non-hydrogen) atoms. The van der Waals surface area contributed by atoms with E-state index in [2.05, 4.69) is 5.32 Å². The minimum Gasteiger partial charge on any atom is -0.368 e. The van der Waals surface area contributed by atoms with Crippen LogP contribution in [-0.4, -0.2) is 39.8 Å². The molecule has 6 nitrogen and oxygen atoms in total. The van der Waals surface area contributed by atoms with E-state index in [0.29, 0.717) is 12.1 Å². The van der Waals surface area contributed by atoms with E-state index in [1.165, 1.54) is 0 Å². The zero-order chi connectivity index (χ0) is 15.9. The van der Waals surface area contributed by atoms with Crippen molar-refractivity contribution in [1.82, 2.24) is 14.3 Å². The van der Waals surface area contributed by atoms with E-state index >= 15 is 0 Å². The molecule has 1 aromatic carbocycles. The molecule has 1 fully saturated rings. The predicted molar refractivity (Wildman–Crippen MR) is 85.4 cm³/mol. The van der Waals surface area contributed by atoms with Gasteiger partial charge in [0.1, 0.15) is 11.7 Å². The highest BCUT2D eigenvalue weighted by Gasteiger charge is 2.30. The average molecular weight is 300 g/mol. The summed E-state index contributed by atoms with van der Waals surface area (Å²) in [4.78, 5) is 26.5. The van der Waals surface area contributed by atoms with Crippen molar-refractivity contribution < 1.29 is 4.79 Å². The molecule has 6 heteroatoms. The number of nitrogens with zero attached hydrogens (tertiary/aromatic N) is 3. The third-order valence-corrected chi connectivity index (χ3v) is 4.30. The molecule has 0 saturated carbocycles. The first-order valence-electron chi connectivity index (χ1n) is 7.36. The van der Waals surface area contributed by atoms with Gasteiger partial charge in [-0.1, -0.05) is 18.2 Å². The smallest absolute Gasteiger partial charge is 0.295 e. The maximum absolute atomic E-state index is 12.7. The summed E-state index contributed by atoms with van der Waals surface area (Å²) >= 11 is 0. The summed E-state index contributed by atoms with van der Waals surface area (Å²) in [6.07, 6.45) is 0.717. The Hall–Kier alpha value is -2.50. The number of likely N-dealkylation sites (N-methyl/N-ethyl adjacent to an activating group) is 1. The van der Waals surface area contributed by atoms with Gasteiger partial charge >= 0.3 is 0 Å². The number of nitrogens with one attached hydrogen (secondary N) is 1. The van der Waals surface area contributed by atoms with E-state index in [1.807, 2.05) is 49.0 Å². The number of likely N-dealkylation sites (tertiary alicyclic amines) is 1. The number of amides is 1. The Morgan fingerprint density at radius 1 is 1.14 bits per heavy atom. The molecule has 0 unspecified atom stereocenters. The fourth-order valence-corrected chi connectivity index (χ4v) is 2.87. The van der Waals surface area contributed by atoms with Gasteiger partial charge in [0.05, 0.1) is 11.4 Å². The van der Waals surface area contributed by atoms with Crippen LogP contribution in [0.2, 0.25) is 0 Å². The number of carbonyl (C=O) groups is 1. The summed E-state index contributed by atoms with van der Waals surface area (Å²) in [6, 6.07) is 9.16. The van der Waals surface area contributed by atoms with E-state index in [0.717, 1.165) is 17.9 Å². The lowest BCUT2D eigenvalue weighted by Gasteiger charge is -2.12. The molecule has 0 aliphatic carbocycles. The molecule has 1 N–H and O–H groups in total. The van der Waals surface area contributed by atoms with Gasteiger partial charge in [0, 0.05) is 20.6 Å². The third kappa shape index (κ3) is 2.20. The molecule has 2 aromatic rings. The van der Waals surface area contributed by atoms with E-state index in [1.54, 1.807) is 16.6 Å². The SMILES string of the molecule is Cc1c(N[C@@H]2CCN(C)C2=O)c(=O)n(-c2ccccc2)n1C. The van der Waals surface area contributed by atoms with Gasteiger partial charge in [0.25, 0.3) is 5.56 Å². The number of hydrogen-bond donors (Lipinski definition) is 1. The van der Waals surface area contributed by atoms with Crippen LogP contribution in [-0.2, 0) is 11.8 Å². The molecule has 0 radical (unpaired) electrons. The van der Waals surface area contributed by atoms with Gasteiger partial charge in [-0.3, -0.25) is 14.3 Å². The van der Waals surface area contributed by atoms with Gasteiger partial charge in [-0.2, -0.15) is 0 Å². The minimum absolute atomic E-state index is 0.0360. The fourth-order valence-electron chi connectivity index (χ4n) is 2.87. The molecule has 0 spiro atoms. The molecular weight excluding hydrogens is 280 g/mol. The molecule has 0 bridgehead atoms. The number of aromatic nitrogens is 2. The van der Waals surface area contributed by atoms with Crippen molar-refractivity contribution in [1.29, 1.82) is 0 Å². The molecule has 1 aliphatic rings. The maximum Gasteiger partial charge on any atom is 0.295 e. The molecule has 2 heterocycles. The number of hydrogen-bond acceptors (Lipinski definition) is 3. The molecule has 1 aromatic heterocycles. The van der Waals surface area contributed by atoms with Crippen molar-refractivity contribution in [3.63, 3.8) is 0 Å². The van der Waals surface area contributed by atoms with Crippen LogP contribution in [0.1, 0.15) is 12.1 Å². The molecule has 3 rings (SSSR count). The van der Waals surface area contributed by atoms with Crippen LogP contribution in [0.5, 0.6) is 0 Å². The number of para-hydroxylation sites is 1. The maximum atomic E-state index is 12.7. The zero-order valence-corrected chi connectivity index (χ0v) is 13.0. The summed E-state index contributed by atoms with van der Waals surface area (Å²) < 4.78 is 3.42. The molecule has 1 saturated heterocycles. The predicted octanol–water partition coefficient (Wildman–Crippen LogP) is 1.13. The molecular formula is C16H20N4O2. The Balaban J connectivity index is 2.00. The van der Waals surface area contributed by atoms with E-state index in [9.17, 15) is 9.59 Å². The highest BCUT2D eigenvalue weighted by Crippen LogP contribution is 2.18. The van der Waals surface area contributed by atoms with Crippen molar-refractivity contribution in [2.75, 3.05) is 18.9 Å². The lowest BCUT2D eigenvalue weighted by molar-refractivity contribution is -0.127. The van der Waals surface area contributed by atoms with Crippen LogP contribution < -0.4 is 10.9 Å². The summed E-state index contributed by atoms with van der Waals surface area (Å²) in [5, 5.41) is 3.14. The summed E-state index contributed by atoms with van der Waals surface area (Å²) in [5.41, 5.74) is 1.99. The van der Waals surface area contributed by atoms with E-state index in [-0.39, 0.29) is 17.5 Å². The molecule has 1 atom stereocenters. The number of carbonyl (C=O) groups excluding carboxylic acids is 1. The normalized spacial score (nSPS) is 18.0. The molecule has 1 amide bonds. The Kier molecular flexibility index (Phi) is 3.52. The summed E-state index contributed by atoms with van der Waals surface area (Å²) in [7, 11) is 3.63. The van der Waals surface area contributed by atoms with Crippen molar-refractivity contribution in [3.8, 4) is 5.69 Å². The lowest BCUT2D eigenvalue weighted by atomic mass is 10.2. The minimum atomic E-state index is -0.317. The van der Waals surface area contributed by atoms with Gasteiger partial charge in [-0.25, -0.2) is 4.68 Å². The summed E-state index contributed by atoms with van der Waals surface area (Å²) in [5.74, 6) is 0.0360. The second kappa shape index (κ2) is 5.36. The first kappa shape index (κ1) is 14.4. The van der Waals surface area contributed by atoms with Crippen LogP contribution in [0, 0.1) is 6.92 Å². The van der Waals surface area contributed by atoms with Crippen molar-refractivity contribution in [2.24, 2.45) is 7.05 Å². The number of anilines is 1. The fraction of sp³-hybridized carbons (Fsp3) is 0.375. The van der Waals surface area contributed by atoms with Crippen molar-refractivity contribution in [2.45, 2.75) is 19.4 Å². The highest BCUT2D eigenvalue weighted by atomic mass is 16.2. The standard InChI is InChI=1S/C16H20N4O2/c1-11-14(17-13-9-10-18(2)15(13)21)16(22)20(19(11)3)12-7-5-4-6-8-12/h4-8,13,17H,9-10H2,1-3H3/t13-/m1/s1. The Bertz CT molecular complexity index is 760. The lowest BCUT2D eigenvalue weighted by Crippen LogP contribution is -2.33. The molecule has 1 aliphatic heterocycles. The first-order chi connectivity index (χ1) is 10.5.